The number of rotatable bonds is 7. The van der Waals surface area contributed by atoms with Gasteiger partial charge in [-0.25, -0.2) is 0 Å². The largest absolute Gasteiger partial charge is 0.367 e. The number of hydrogen-bond acceptors (Lipinski definition) is 6. The van der Waals surface area contributed by atoms with E-state index in [1.165, 1.54) is 24.0 Å². The molecular weight excluding hydrogens is 382 g/mol. The zero-order chi connectivity index (χ0) is 20.8. The van der Waals surface area contributed by atoms with Crippen LogP contribution in [0.3, 0.4) is 0 Å². The first-order valence-corrected chi connectivity index (χ1v) is 10.3. The zero-order valence-electron chi connectivity index (χ0n) is 17.1. The molecule has 29 heavy (non-hydrogen) atoms. The van der Waals surface area contributed by atoms with Gasteiger partial charge in [0, 0.05) is 31.3 Å². The van der Waals surface area contributed by atoms with Gasteiger partial charge in [0.1, 0.15) is 5.69 Å². The van der Waals surface area contributed by atoms with Crippen LogP contribution in [0.4, 0.5) is 22.1 Å². The summed E-state index contributed by atoms with van der Waals surface area (Å²) >= 11 is 1.32. The van der Waals surface area contributed by atoms with Gasteiger partial charge in [-0.1, -0.05) is 30.3 Å². The molecule has 3 rings (SSSR count). The van der Waals surface area contributed by atoms with Crippen LogP contribution in [-0.4, -0.2) is 16.8 Å². The maximum Gasteiger partial charge on any atom is 0.221 e. The normalized spacial score (nSPS) is 11.0. The molecule has 0 saturated carbocycles. The number of benzene rings is 2. The molecule has 1 N–H and O–H groups in total. The molecule has 0 saturated heterocycles. The number of hydrogen-bond donors (Lipinski definition) is 1. The second kappa shape index (κ2) is 9.43. The molecule has 1 heterocycles. The Hall–Kier alpha value is -3.06. The summed E-state index contributed by atoms with van der Waals surface area (Å²) < 4.78 is 4.30. The van der Waals surface area contributed by atoms with Crippen LogP contribution in [0.5, 0.6) is 0 Å². The summed E-state index contributed by atoms with van der Waals surface area (Å²) in [6.07, 6.45) is 0. The Bertz CT molecular complexity index is 1010. The van der Waals surface area contributed by atoms with Crippen molar-refractivity contribution >= 4 is 39.5 Å². The second-order valence-corrected chi connectivity index (χ2v) is 7.53. The highest BCUT2D eigenvalue weighted by atomic mass is 32.1. The van der Waals surface area contributed by atoms with E-state index in [0.29, 0.717) is 11.4 Å². The molecule has 2 aromatic carbocycles. The Morgan fingerprint density at radius 1 is 1.14 bits per heavy atom. The third-order valence-electron chi connectivity index (χ3n) is 4.64. The fourth-order valence-corrected chi connectivity index (χ4v) is 3.61. The summed E-state index contributed by atoms with van der Waals surface area (Å²) in [6.45, 7) is 9.17. The lowest BCUT2D eigenvalue weighted by Gasteiger charge is -2.24. The lowest BCUT2D eigenvalue weighted by atomic mass is 10.1. The molecule has 0 spiro atoms. The molecule has 3 aromatic rings. The Balaban J connectivity index is 1.90. The topological polar surface area (TPSA) is 70.0 Å². The van der Waals surface area contributed by atoms with E-state index < -0.39 is 0 Å². The van der Waals surface area contributed by atoms with Crippen LogP contribution in [0, 0.1) is 13.8 Å². The molecule has 0 aliphatic rings. The average Bonchev–Trinajstić information content (AvgIpc) is 3.03. The van der Waals surface area contributed by atoms with Gasteiger partial charge < -0.3 is 10.2 Å². The van der Waals surface area contributed by atoms with Crippen molar-refractivity contribution in [3.8, 4) is 0 Å². The van der Waals surface area contributed by atoms with Gasteiger partial charge in [0.05, 0.1) is 11.4 Å². The summed E-state index contributed by atoms with van der Waals surface area (Å²) in [4.78, 5) is 14.0. The summed E-state index contributed by atoms with van der Waals surface area (Å²) in [5, 5.41) is 12.4. The van der Waals surface area contributed by atoms with Crippen molar-refractivity contribution in [2.75, 3.05) is 16.8 Å². The maximum absolute atomic E-state index is 11.7. The summed E-state index contributed by atoms with van der Waals surface area (Å²) in [5.74, 6) is -0.144. The van der Waals surface area contributed by atoms with Crippen molar-refractivity contribution in [1.29, 1.82) is 0 Å². The standard InChI is InChI=1S/C22H25N5OS/c1-5-27(14-18-9-7-6-8-10-18)19-11-12-20(21(13-19)23-17(4)28)24-25-22-15(2)16(3)26-29-22/h6-13H,5,14H2,1-4H3,(H,23,28). The first-order valence-electron chi connectivity index (χ1n) is 9.53. The van der Waals surface area contributed by atoms with Crippen LogP contribution in [-0.2, 0) is 11.3 Å². The van der Waals surface area contributed by atoms with E-state index >= 15 is 0 Å². The van der Waals surface area contributed by atoms with Gasteiger partial charge in [0.15, 0.2) is 5.00 Å². The molecule has 1 amide bonds. The van der Waals surface area contributed by atoms with Crippen LogP contribution < -0.4 is 10.2 Å². The lowest BCUT2D eigenvalue weighted by molar-refractivity contribution is -0.114. The predicted molar refractivity (Wildman–Crippen MR) is 120 cm³/mol. The molecule has 0 unspecified atom stereocenters. The first kappa shape index (κ1) is 20.7. The minimum absolute atomic E-state index is 0.144. The van der Waals surface area contributed by atoms with Gasteiger partial charge in [-0.15, -0.1) is 10.2 Å². The molecule has 0 bridgehead atoms. The van der Waals surface area contributed by atoms with Gasteiger partial charge in [-0.05, 0) is 56.1 Å². The molecule has 6 nitrogen and oxygen atoms in total. The molecular formula is C22H25N5OS. The van der Waals surface area contributed by atoms with Gasteiger partial charge in [-0.2, -0.15) is 4.37 Å². The minimum atomic E-state index is -0.144. The fourth-order valence-electron chi connectivity index (χ4n) is 2.88. The van der Waals surface area contributed by atoms with Crippen molar-refractivity contribution < 1.29 is 4.79 Å². The van der Waals surface area contributed by atoms with Crippen LogP contribution in [0.15, 0.2) is 58.8 Å². The van der Waals surface area contributed by atoms with E-state index in [0.717, 1.165) is 35.0 Å². The SMILES string of the molecule is CCN(Cc1ccccc1)c1ccc(N=Nc2snc(C)c2C)c(NC(C)=O)c1. The Labute approximate surface area is 175 Å². The Morgan fingerprint density at radius 2 is 1.90 bits per heavy atom. The number of nitrogens with one attached hydrogen (secondary N) is 1. The number of carbonyl (C=O) groups is 1. The van der Waals surface area contributed by atoms with E-state index in [4.69, 9.17) is 0 Å². The summed E-state index contributed by atoms with van der Waals surface area (Å²) in [6, 6.07) is 16.2. The third kappa shape index (κ3) is 5.26. The number of azo groups is 1. The number of nitrogens with zero attached hydrogens (tertiary/aromatic N) is 4. The van der Waals surface area contributed by atoms with Crippen LogP contribution in [0.25, 0.3) is 0 Å². The Kier molecular flexibility index (Phi) is 6.72. The smallest absolute Gasteiger partial charge is 0.221 e. The number of carbonyl (C=O) groups excluding carboxylic acids is 1. The molecule has 1 aromatic heterocycles. The quantitative estimate of drug-likeness (QED) is 0.477. The molecule has 0 radical (unpaired) electrons. The van der Waals surface area contributed by atoms with Gasteiger partial charge >= 0.3 is 0 Å². The van der Waals surface area contributed by atoms with Gasteiger partial charge in [0.25, 0.3) is 0 Å². The molecule has 0 fully saturated rings. The number of anilines is 2. The van der Waals surface area contributed by atoms with E-state index in [1.54, 1.807) is 0 Å². The summed E-state index contributed by atoms with van der Waals surface area (Å²) in [5.41, 5.74) is 5.49. The molecule has 150 valence electrons. The highest BCUT2D eigenvalue weighted by molar-refractivity contribution is 7.10. The van der Waals surface area contributed by atoms with Crippen molar-refractivity contribution in [2.45, 2.75) is 34.2 Å². The third-order valence-corrected chi connectivity index (χ3v) is 5.56. The number of aryl methyl sites for hydroxylation is 1. The van der Waals surface area contributed by atoms with Crippen molar-refractivity contribution in [3.05, 3.63) is 65.4 Å². The number of amides is 1. The highest BCUT2D eigenvalue weighted by Crippen LogP contribution is 2.34. The zero-order valence-corrected chi connectivity index (χ0v) is 18.0. The van der Waals surface area contributed by atoms with Crippen LogP contribution in [0.1, 0.15) is 30.7 Å². The van der Waals surface area contributed by atoms with E-state index in [9.17, 15) is 4.79 Å². The minimum Gasteiger partial charge on any atom is -0.367 e. The van der Waals surface area contributed by atoms with Crippen molar-refractivity contribution in [1.82, 2.24) is 4.37 Å². The van der Waals surface area contributed by atoms with E-state index in [2.05, 4.69) is 43.9 Å². The average molecular weight is 408 g/mol. The predicted octanol–water partition coefficient (Wildman–Crippen LogP) is 6.16. The molecule has 0 aliphatic heterocycles. The van der Waals surface area contributed by atoms with Gasteiger partial charge in [0.2, 0.25) is 5.91 Å². The molecule has 0 aliphatic carbocycles. The van der Waals surface area contributed by atoms with Crippen molar-refractivity contribution in [2.24, 2.45) is 10.2 Å². The first-order chi connectivity index (χ1) is 14.0. The molecule has 0 atom stereocenters. The highest BCUT2D eigenvalue weighted by Gasteiger charge is 2.11. The monoisotopic (exact) mass is 407 g/mol. The lowest BCUT2D eigenvalue weighted by Crippen LogP contribution is -2.22. The number of aromatic nitrogens is 1. The fraction of sp³-hybridized carbons (Fsp3) is 0.273. The van der Waals surface area contributed by atoms with Crippen LogP contribution in [0.2, 0.25) is 0 Å². The Morgan fingerprint density at radius 3 is 2.52 bits per heavy atom. The van der Waals surface area contributed by atoms with Gasteiger partial charge in [-0.3, -0.25) is 4.79 Å². The second-order valence-electron chi connectivity index (χ2n) is 6.78. The van der Waals surface area contributed by atoms with Crippen LogP contribution >= 0.6 is 11.5 Å². The summed E-state index contributed by atoms with van der Waals surface area (Å²) in [7, 11) is 0. The maximum atomic E-state index is 11.7. The molecule has 7 heteroatoms. The van der Waals surface area contributed by atoms with Crippen molar-refractivity contribution in [3.63, 3.8) is 0 Å². The van der Waals surface area contributed by atoms with E-state index in [1.807, 2.05) is 50.2 Å². The van der Waals surface area contributed by atoms with E-state index in [-0.39, 0.29) is 5.91 Å².